The van der Waals surface area contributed by atoms with Gasteiger partial charge in [0, 0.05) is 30.7 Å². The van der Waals surface area contributed by atoms with Gasteiger partial charge in [-0.15, -0.1) is 11.3 Å². The lowest BCUT2D eigenvalue weighted by Crippen LogP contribution is -2.35. The highest BCUT2D eigenvalue weighted by atomic mass is 32.1. The van der Waals surface area contributed by atoms with Crippen molar-refractivity contribution in [2.75, 3.05) is 24.6 Å². The molecule has 0 saturated carbocycles. The van der Waals surface area contributed by atoms with E-state index in [4.69, 9.17) is 4.74 Å². The quantitative estimate of drug-likeness (QED) is 0.845. The van der Waals surface area contributed by atoms with E-state index >= 15 is 0 Å². The number of hydrogen-bond donors (Lipinski definition) is 0. The lowest BCUT2D eigenvalue weighted by Gasteiger charge is -2.31. The molecule has 0 spiro atoms. The molecule has 0 aliphatic carbocycles. The van der Waals surface area contributed by atoms with Crippen molar-refractivity contribution in [1.82, 2.24) is 9.97 Å². The van der Waals surface area contributed by atoms with Gasteiger partial charge in [0.2, 0.25) is 5.88 Å². The number of pyridine rings is 1. The molecule has 124 valence electrons. The molecule has 1 aliphatic rings. The molecular formula is C15H16F3N3OS. The zero-order valence-corrected chi connectivity index (χ0v) is 13.1. The largest absolute Gasteiger partial charge is 0.477 e. The Balaban J connectivity index is 1.50. The first-order valence-electron chi connectivity index (χ1n) is 7.34. The van der Waals surface area contributed by atoms with Gasteiger partial charge in [-0.2, -0.15) is 13.2 Å². The fraction of sp³-hybridized carbons (Fsp3) is 0.467. The van der Waals surface area contributed by atoms with E-state index in [1.165, 1.54) is 12.1 Å². The van der Waals surface area contributed by atoms with Crippen LogP contribution in [0.15, 0.2) is 29.8 Å². The first-order chi connectivity index (χ1) is 11.0. The first kappa shape index (κ1) is 16.0. The molecule has 0 amide bonds. The Bertz CT molecular complexity index is 625. The van der Waals surface area contributed by atoms with Gasteiger partial charge in [0.25, 0.3) is 0 Å². The summed E-state index contributed by atoms with van der Waals surface area (Å²) in [7, 11) is 0. The van der Waals surface area contributed by atoms with Gasteiger partial charge in [-0.3, -0.25) is 0 Å². The standard InChI is InChI=1S/C15H16F3N3OS/c16-15(17,18)12-2-1-3-13(20-12)22-10-11-4-7-21(8-5-11)14-19-6-9-23-14/h1-3,6,9,11H,4-5,7-8,10H2. The van der Waals surface area contributed by atoms with Crippen molar-refractivity contribution in [3.05, 3.63) is 35.5 Å². The second-order valence-electron chi connectivity index (χ2n) is 5.41. The lowest BCUT2D eigenvalue weighted by molar-refractivity contribution is -0.141. The molecule has 4 nitrogen and oxygen atoms in total. The maximum Gasteiger partial charge on any atom is 0.433 e. The van der Waals surface area contributed by atoms with Crippen LogP contribution in [-0.2, 0) is 6.18 Å². The molecule has 0 bridgehead atoms. The number of alkyl halides is 3. The average Bonchev–Trinajstić information content (AvgIpc) is 3.07. The summed E-state index contributed by atoms with van der Waals surface area (Å²) >= 11 is 1.61. The monoisotopic (exact) mass is 343 g/mol. The van der Waals surface area contributed by atoms with Crippen LogP contribution in [0.1, 0.15) is 18.5 Å². The van der Waals surface area contributed by atoms with Crippen LogP contribution in [0.25, 0.3) is 0 Å². The second kappa shape index (κ2) is 6.74. The molecule has 3 heterocycles. The summed E-state index contributed by atoms with van der Waals surface area (Å²) in [4.78, 5) is 10.0. The molecule has 1 fully saturated rings. The summed E-state index contributed by atoms with van der Waals surface area (Å²) in [5.41, 5.74) is -0.923. The smallest absolute Gasteiger partial charge is 0.433 e. The van der Waals surface area contributed by atoms with Crippen LogP contribution < -0.4 is 9.64 Å². The minimum absolute atomic E-state index is 0.0298. The molecule has 2 aromatic rings. The Morgan fingerprint density at radius 3 is 2.70 bits per heavy atom. The van der Waals surface area contributed by atoms with Gasteiger partial charge in [-0.05, 0) is 24.8 Å². The molecule has 8 heteroatoms. The molecule has 0 atom stereocenters. The van der Waals surface area contributed by atoms with Gasteiger partial charge >= 0.3 is 6.18 Å². The number of rotatable bonds is 4. The second-order valence-corrected chi connectivity index (χ2v) is 6.29. The predicted octanol–water partition coefficient (Wildman–Crippen LogP) is 3.85. The normalized spacial score (nSPS) is 16.6. The van der Waals surface area contributed by atoms with E-state index in [1.54, 1.807) is 17.5 Å². The number of halogens is 3. The third kappa shape index (κ3) is 4.13. The highest BCUT2D eigenvalue weighted by molar-refractivity contribution is 7.13. The van der Waals surface area contributed by atoms with Crippen molar-refractivity contribution in [2.45, 2.75) is 19.0 Å². The summed E-state index contributed by atoms with van der Waals surface area (Å²) in [6.07, 6.45) is -0.802. The summed E-state index contributed by atoms with van der Waals surface area (Å²) < 4.78 is 43.3. The van der Waals surface area contributed by atoms with E-state index in [9.17, 15) is 13.2 Å². The summed E-state index contributed by atoms with van der Waals surface area (Å²) in [6.45, 7) is 2.16. The Labute approximate surface area is 135 Å². The maximum atomic E-state index is 12.6. The van der Waals surface area contributed by atoms with E-state index in [-0.39, 0.29) is 5.88 Å². The topological polar surface area (TPSA) is 38.2 Å². The number of nitrogens with zero attached hydrogens (tertiary/aromatic N) is 3. The van der Waals surface area contributed by atoms with Crippen LogP contribution >= 0.6 is 11.3 Å². The van der Waals surface area contributed by atoms with Gasteiger partial charge in [0.1, 0.15) is 5.69 Å². The van der Waals surface area contributed by atoms with Crippen LogP contribution in [-0.4, -0.2) is 29.7 Å². The van der Waals surface area contributed by atoms with Crippen molar-refractivity contribution in [2.24, 2.45) is 5.92 Å². The third-order valence-electron chi connectivity index (χ3n) is 3.79. The van der Waals surface area contributed by atoms with Crippen LogP contribution in [0.3, 0.4) is 0 Å². The molecule has 2 aromatic heterocycles. The average molecular weight is 343 g/mol. The van der Waals surface area contributed by atoms with Gasteiger partial charge in [0.15, 0.2) is 5.13 Å². The van der Waals surface area contributed by atoms with Gasteiger partial charge in [-0.1, -0.05) is 6.07 Å². The molecular weight excluding hydrogens is 327 g/mol. The van der Waals surface area contributed by atoms with Crippen molar-refractivity contribution in [3.63, 3.8) is 0 Å². The minimum atomic E-state index is -4.45. The van der Waals surface area contributed by atoms with Crippen molar-refractivity contribution in [3.8, 4) is 5.88 Å². The third-order valence-corrected chi connectivity index (χ3v) is 4.62. The van der Waals surface area contributed by atoms with Crippen molar-refractivity contribution in [1.29, 1.82) is 0 Å². The van der Waals surface area contributed by atoms with Crippen LogP contribution in [0.2, 0.25) is 0 Å². The number of thiazole rings is 1. The molecule has 0 aromatic carbocycles. The van der Waals surface area contributed by atoms with E-state index in [1.807, 2.05) is 5.38 Å². The molecule has 0 radical (unpaired) electrons. The van der Waals surface area contributed by atoms with Crippen LogP contribution in [0.4, 0.5) is 18.3 Å². The number of piperidine rings is 1. The van der Waals surface area contributed by atoms with E-state index in [0.717, 1.165) is 37.1 Å². The van der Waals surface area contributed by atoms with Crippen molar-refractivity contribution < 1.29 is 17.9 Å². The van der Waals surface area contributed by atoms with Gasteiger partial charge < -0.3 is 9.64 Å². The molecule has 0 unspecified atom stereocenters. The molecule has 0 N–H and O–H groups in total. The van der Waals surface area contributed by atoms with Crippen LogP contribution in [0, 0.1) is 5.92 Å². The Morgan fingerprint density at radius 2 is 2.04 bits per heavy atom. The van der Waals surface area contributed by atoms with Gasteiger partial charge in [0.05, 0.1) is 6.61 Å². The van der Waals surface area contributed by atoms with E-state index in [0.29, 0.717) is 12.5 Å². The Morgan fingerprint density at radius 1 is 1.26 bits per heavy atom. The zero-order valence-electron chi connectivity index (χ0n) is 12.3. The number of anilines is 1. The van der Waals surface area contributed by atoms with Gasteiger partial charge in [-0.25, -0.2) is 9.97 Å². The zero-order chi connectivity index (χ0) is 16.3. The first-order valence-corrected chi connectivity index (χ1v) is 8.22. The minimum Gasteiger partial charge on any atom is -0.477 e. The number of hydrogen-bond acceptors (Lipinski definition) is 5. The summed E-state index contributed by atoms with van der Waals surface area (Å²) in [5, 5.41) is 2.97. The maximum absolute atomic E-state index is 12.6. The molecule has 3 rings (SSSR count). The number of ether oxygens (including phenoxy) is 1. The lowest BCUT2D eigenvalue weighted by atomic mass is 9.98. The molecule has 1 saturated heterocycles. The highest BCUT2D eigenvalue weighted by Gasteiger charge is 2.32. The number of aromatic nitrogens is 2. The fourth-order valence-corrected chi connectivity index (χ4v) is 3.22. The van der Waals surface area contributed by atoms with E-state index < -0.39 is 11.9 Å². The summed E-state index contributed by atoms with van der Waals surface area (Å²) in [6, 6.07) is 3.72. The SMILES string of the molecule is FC(F)(F)c1cccc(OCC2CCN(c3nccs3)CC2)n1. The molecule has 1 aliphatic heterocycles. The Hall–Kier alpha value is -1.83. The highest BCUT2D eigenvalue weighted by Crippen LogP contribution is 2.29. The summed E-state index contributed by atoms with van der Waals surface area (Å²) in [5.74, 6) is 0.352. The Kier molecular flexibility index (Phi) is 4.70. The predicted molar refractivity (Wildman–Crippen MR) is 81.8 cm³/mol. The molecule has 23 heavy (non-hydrogen) atoms. The fourth-order valence-electron chi connectivity index (χ4n) is 2.52. The van der Waals surface area contributed by atoms with Crippen molar-refractivity contribution >= 4 is 16.5 Å². The van der Waals surface area contributed by atoms with E-state index in [2.05, 4.69) is 14.9 Å². The van der Waals surface area contributed by atoms with Crippen LogP contribution in [0.5, 0.6) is 5.88 Å².